The fourth-order valence-corrected chi connectivity index (χ4v) is 1.03. The maximum absolute atomic E-state index is 8.26. The Morgan fingerprint density at radius 3 is 2.58 bits per heavy atom. The second kappa shape index (κ2) is 4.42. The van der Waals surface area contributed by atoms with Crippen molar-refractivity contribution in [2.45, 2.75) is 12.5 Å². The minimum Gasteiger partial charge on any atom is -0.0859 e. The van der Waals surface area contributed by atoms with Crippen LogP contribution in [0.4, 0.5) is 0 Å². The highest BCUT2D eigenvalue weighted by Gasteiger charge is 2.04. The lowest BCUT2D eigenvalue weighted by atomic mass is 10.1. The molecule has 1 radical (unpaired) electrons. The molecule has 0 saturated carbocycles. The summed E-state index contributed by atoms with van der Waals surface area (Å²) in [6.07, 6.45) is 0.591. The molecule has 1 rings (SSSR count). The number of nitrogens with zero attached hydrogens (tertiary/aromatic N) is 3. The summed E-state index contributed by atoms with van der Waals surface area (Å²) in [4.78, 5) is 2.77. The van der Waals surface area contributed by atoms with Crippen molar-refractivity contribution in [3.8, 4) is 0 Å². The lowest BCUT2D eigenvalue weighted by Crippen LogP contribution is -1.90. The van der Waals surface area contributed by atoms with Crippen LogP contribution in [0.25, 0.3) is 10.4 Å². The number of hydrogen-bond acceptors (Lipinski definition) is 1. The summed E-state index contributed by atoms with van der Waals surface area (Å²) in [6.45, 7) is 3.72. The van der Waals surface area contributed by atoms with Gasteiger partial charge in [0, 0.05) is 4.91 Å². The van der Waals surface area contributed by atoms with Gasteiger partial charge in [-0.1, -0.05) is 42.4 Å². The first-order chi connectivity index (χ1) is 5.88. The third-order valence-corrected chi connectivity index (χ3v) is 1.65. The summed E-state index contributed by atoms with van der Waals surface area (Å²) in [5.74, 6) is 0. The van der Waals surface area contributed by atoms with Crippen LogP contribution in [0.3, 0.4) is 0 Å². The molecule has 12 heavy (non-hydrogen) atoms. The van der Waals surface area contributed by atoms with Crippen LogP contribution < -0.4 is 0 Å². The van der Waals surface area contributed by atoms with E-state index in [2.05, 4.69) is 16.9 Å². The Hall–Kier alpha value is -1.47. The highest BCUT2D eigenvalue weighted by molar-refractivity contribution is 5.18. The molecular formula is C9H10N3. The zero-order valence-corrected chi connectivity index (χ0v) is 6.72. The summed E-state index contributed by atoms with van der Waals surface area (Å²) in [5, 5.41) is 3.63. The number of benzene rings is 1. The molecule has 0 spiro atoms. The van der Waals surface area contributed by atoms with Gasteiger partial charge in [-0.15, -0.1) is 0 Å². The van der Waals surface area contributed by atoms with Gasteiger partial charge in [-0.05, 0) is 17.5 Å². The molecule has 0 fully saturated rings. The Balaban J connectivity index is 2.87. The fraction of sp³-hybridized carbons (Fsp3) is 0.222. The Kier molecular flexibility index (Phi) is 3.17. The highest BCUT2D eigenvalue weighted by atomic mass is 15.1. The average molecular weight is 160 g/mol. The van der Waals surface area contributed by atoms with Gasteiger partial charge in [-0.2, -0.15) is 0 Å². The quantitative estimate of drug-likeness (QED) is 0.370. The van der Waals surface area contributed by atoms with Gasteiger partial charge in [0.1, 0.15) is 0 Å². The summed E-state index contributed by atoms with van der Waals surface area (Å²) in [6, 6.07) is 9.51. The molecule has 1 aromatic rings. The molecule has 1 unspecified atom stereocenters. The molecule has 0 bridgehead atoms. The zero-order valence-electron chi connectivity index (χ0n) is 6.72. The van der Waals surface area contributed by atoms with E-state index in [0.29, 0.717) is 6.42 Å². The molecule has 1 aromatic carbocycles. The smallest absolute Gasteiger partial charge is 0.0625 e. The van der Waals surface area contributed by atoms with Gasteiger partial charge in [0.2, 0.25) is 0 Å². The van der Waals surface area contributed by atoms with E-state index in [4.69, 9.17) is 5.53 Å². The SMILES string of the molecule is [CH2]CC(N=[N+]=[N-])c1ccccc1. The third kappa shape index (κ3) is 2.01. The van der Waals surface area contributed by atoms with E-state index >= 15 is 0 Å². The van der Waals surface area contributed by atoms with Crippen LogP contribution >= 0.6 is 0 Å². The van der Waals surface area contributed by atoms with Crippen LogP contribution in [-0.4, -0.2) is 0 Å². The number of azide groups is 1. The van der Waals surface area contributed by atoms with Crippen molar-refractivity contribution in [2.75, 3.05) is 0 Å². The second-order valence-corrected chi connectivity index (χ2v) is 2.42. The molecule has 0 saturated heterocycles. The molecule has 0 amide bonds. The van der Waals surface area contributed by atoms with Crippen LogP contribution in [0.1, 0.15) is 18.0 Å². The summed E-state index contributed by atoms with van der Waals surface area (Å²) >= 11 is 0. The largest absolute Gasteiger partial charge is 0.0859 e. The molecule has 3 heteroatoms. The monoisotopic (exact) mass is 160 g/mol. The van der Waals surface area contributed by atoms with Crippen molar-refractivity contribution >= 4 is 0 Å². The Morgan fingerprint density at radius 2 is 2.08 bits per heavy atom. The van der Waals surface area contributed by atoms with Gasteiger partial charge in [-0.25, -0.2) is 0 Å². The normalized spacial score (nSPS) is 11.8. The summed E-state index contributed by atoms with van der Waals surface area (Å²) in [7, 11) is 0. The lowest BCUT2D eigenvalue weighted by molar-refractivity contribution is 0.731. The van der Waals surface area contributed by atoms with Crippen molar-refractivity contribution in [3.63, 3.8) is 0 Å². The van der Waals surface area contributed by atoms with Gasteiger partial charge in [0.25, 0.3) is 0 Å². The molecule has 0 heterocycles. The van der Waals surface area contributed by atoms with E-state index in [-0.39, 0.29) is 6.04 Å². The van der Waals surface area contributed by atoms with Crippen LogP contribution in [-0.2, 0) is 0 Å². The Morgan fingerprint density at radius 1 is 1.42 bits per heavy atom. The van der Waals surface area contributed by atoms with E-state index < -0.39 is 0 Å². The molecule has 0 N–H and O–H groups in total. The van der Waals surface area contributed by atoms with Gasteiger partial charge < -0.3 is 0 Å². The Labute approximate surface area is 71.7 Å². The molecule has 1 atom stereocenters. The molecular weight excluding hydrogens is 150 g/mol. The molecule has 3 nitrogen and oxygen atoms in total. The van der Waals surface area contributed by atoms with Crippen LogP contribution in [0.2, 0.25) is 0 Å². The molecule has 0 aromatic heterocycles. The number of hydrogen-bond donors (Lipinski definition) is 0. The van der Waals surface area contributed by atoms with Gasteiger partial charge >= 0.3 is 0 Å². The second-order valence-electron chi connectivity index (χ2n) is 2.42. The maximum atomic E-state index is 8.26. The van der Waals surface area contributed by atoms with Crippen LogP contribution in [0.5, 0.6) is 0 Å². The van der Waals surface area contributed by atoms with Gasteiger partial charge in [-0.3, -0.25) is 0 Å². The molecule has 0 aliphatic carbocycles. The average Bonchev–Trinajstić information content (AvgIpc) is 2.15. The van der Waals surface area contributed by atoms with Crippen molar-refractivity contribution < 1.29 is 0 Å². The topological polar surface area (TPSA) is 48.8 Å². The van der Waals surface area contributed by atoms with E-state index in [1.807, 2.05) is 30.3 Å². The first-order valence-electron chi connectivity index (χ1n) is 3.77. The van der Waals surface area contributed by atoms with Crippen molar-refractivity contribution in [1.29, 1.82) is 0 Å². The van der Waals surface area contributed by atoms with Crippen molar-refractivity contribution in [2.24, 2.45) is 5.11 Å². The zero-order chi connectivity index (χ0) is 8.81. The van der Waals surface area contributed by atoms with Crippen LogP contribution in [0, 0.1) is 6.92 Å². The van der Waals surface area contributed by atoms with Crippen molar-refractivity contribution in [1.82, 2.24) is 0 Å². The Bertz CT molecular complexity index is 275. The van der Waals surface area contributed by atoms with E-state index in [1.54, 1.807) is 0 Å². The van der Waals surface area contributed by atoms with E-state index in [9.17, 15) is 0 Å². The maximum Gasteiger partial charge on any atom is 0.0625 e. The summed E-state index contributed by atoms with van der Waals surface area (Å²) in [5.41, 5.74) is 9.28. The van der Waals surface area contributed by atoms with E-state index in [0.717, 1.165) is 5.56 Å². The minimum atomic E-state index is -0.129. The lowest BCUT2D eigenvalue weighted by Gasteiger charge is -2.06. The third-order valence-electron chi connectivity index (χ3n) is 1.65. The highest BCUT2D eigenvalue weighted by Crippen LogP contribution is 2.19. The summed E-state index contributed by atoms with van der Waals surface area (Å²) < 4.78 is 0. The predicted octanol–water partition coefficient (Wildman–Crippen LogP) is 3.26. The van der Waals surface area contributed by atoms with Gasteiger partial charge in [0.05, 0.1) is 6.04 Å². The standard InChI is InChI=1S/C9H10N3/c1-2-9(11-12-10)8-6-4-3-5-7-8/h3-7,9H,1-2H2. The number of rotatable bonds is 3. The molecule has 61 valence electrons. The molecule has 0 aliphatic rings. The fourth-order valence-electron chi connectivity index (χ4n) is 1.03. The molecule has 0 aliphatic heterocycles. The predicted molar refractivity (Wildman–Crippen MR) is 48.3 cm³/mol. The van der Waals surface area contributed by atoms with E-state index in [1.165, 1.54) is 0 Å². The first kappa shape index (κ1) is 8.62. The van der Waals surface area contributed by atoms with Gasteiger partial charge in [0.15, 0.2) is 0 Å². The van der Waals surface area contributed by atoms with Crippen molar-refractivity contribution in [3.05, 3.63) is 53.3 Å². The minimum absolute atomic E-state index is 0.129. The first-order valence-corrected chi connectivity index (χ1v) is 3.77. The van der Waals surface area contributed by atoms with Crippen LogP contribution in [0.15, 0.2) is 35.4 Å².